The van der Waals surface area contributed by atoms with Gasteiger partial charge in [-0.25, -0.2) is 4.39 Å². The van der Waals surface area contributed by atoms with Crippen molar-refractivity contribution in [1.29, 1.82) is 0 Å². The molecule has 0 bridgehead atoms. The minimum atomic E-state index is -1.08. The van der Waals surface area contributed by atoms with E-state index in [0.29, 0.717) is 18.7 Å². The lowest BCUT2D eigenvalue weighted by atomic mass is 9.80. The van der Waals surface area contributed by atoms with Crippen molar-refractivity contribution in [1.82, 2.24) is 15.1 Å². The zero-order valence-corrected chi connectivity index (χ0v) is 21.9. The highest BCUT2D eigenvalue weighted by atomic mass is 19.1. The number of rotatable bonds is 8. The van der Waals surface area contributed by atoms with E-state index in [4.69, 9.17) is 5.73 Å². The third-order valence-electron chi connectivity index (χ3n) is 7.68. The lowest BCUT2D eigenvalue weighted by Gasteiger charge is -2.35. The van der Waals surface area contributed by atoms with E-state index < -0.39 is 17.4 Å². The molecule has 1 aromatic carbocycles. The first-order valence-electron chi connectivity index (χ1n) is 13.3. The number of carbonyl (C=O) groups is 3. The molecule has 0 unspecified atom stereocenters. The van der Waals surface area contributed by atoms with Crippen molar-refractivity contribution in [2.45, 2.75) is 76.8 Å². The van der Waals surface area contributed by atoms with E-state index in [9.17, 15) is 14.4 Å². The average Bonchev–Trinajstić information content (AvgIpc) is 3.15. The van der Waals surface area contributed by atoms with E-state index in [-0.39, 0.29) is 42.2 Å². The number of likely N-dealkylation sites (N-methyl/N-ethyl adjacent to an activating group) is 1. The van der Waals surface area contributed by atoms with Crippen LogP contribution in [0.3, 0.4) is 0 Å². The Kier molecular flexibility index (Phi) is 9.84. The molecule has 2 atom stereocenters. The number of nitrogens with zero attached hydrogens (tertiary/aromatic N) is 2. The van der Waals surface area contributed by atoms with Gasteiger partial charge >= 0.3 is 0 Å². The number of nitrogens with two attached hydrogens (primary N) is 1. The molecule has 0 spiro atoms. The standard InChI is InChI=1S/C27H42FN5O3/c1-4-24(34)30-23(25(35)33-15-13-32(3)14-16-33)18-19-11-12-22(21(28)17-19)31-26(36)27(2,29)20-9-7-5-6-8-10-20/h11-12,17,20,23H,4-10,13-16,18,29H2,1-3H3,(H,30,34)(H,31,36)/t23-,27-/m1/s1. The number of hydrogen-bond acceptors (Lipinski definition) is 5. The monoisotopic (exact) mass is 503 g/mol. The lowest BCUT2D eigenvalue weighted by molar-refractivity contribution is -0.137. The first-order valence-corrected chi connectivity index (χ1v) is 13.3. The maximum absolute atomic E-state index is 15.0. The van der Waals surface area contributed by atoms with E-state index in [1.54, 1.807) is 24.8 Å². The SMILES string of the molecule is CCC(=O)N[C@H](Cc1ccc(NC(=O)[C@](C)(N)C2CCCCCC2)c(F)c1)C(=O)N1CCN(C)CC1. The Morgan fingerprint density at radius 2 is 1.75 bits per heavy atom. The van der Waals surface area contributed by atoms with Gasteiger partial charge in [-0.05, 0) is 50.4 Å². The van der Waals surface area contributed by atoms with Gasteiger partial charge in [0.15, 0.2) is 0 Å². The van der Waals surface area contributed by atoms with Crippen molar-refractivity contribution < 1.29 is 18.8 Å². The van der Waals surface area contributed by atoms with Gasteiger partial charge in [0, 0.05) is 39.0 Å². The number of benzene rings is 1. The minimum Gasteiger partial charge on any atom is -0.344 e. The van der Waals surface area contributed by atoms with E-state index in [0.717, 1.165) is 51.6 Å². The number of nitrogens with one attached hydrogen (secondary N) is 2. The van der Waals surface area contributed by atoms with Gasteiger partial charge in [0.1, 0.15) is 11.9 Å². The highest BCUT2D eigenvalue weighted by Gasteiger charge is 2.37. The van der Waals surface area contributed by atoms with Crippen LogP contribution in [0.15, 0.2) is 18.2 Å². The van der Waals surface area contributed by atoms with Crippen LogP contribution in [0.5, 0.6) is 0 Å². The molecule has 36 heavy (non-hydrogen) atoms. The molecule has 3 amide bonds. The van der Waals surface area contributed by atoms with Crippen molar-refractivity contribution >= 4 is 23.4 Å². The normalized spacial score (nSPS) is 20.2. The summed E-state index contributed by atoms with van der Waals surface area (Å²) in [6.07, 6.45) is 6.63. The van der Waals surface area contributed by atoms with Gasteiger partial charge in [-0.15, -0.1) is 0 Å². The molecule has 1 aliphatic carbocycles. The summed E-state index contributed by atoms with van der Waals surface area (Å²) in [7, 11) is 2.01. The van der Waals surface area contributed by atoms with Crippen molar-refractivity contribution in [3.63, 3.8) is 0 Å². The van der Waals surface area contributed by atoms with Crippen molar-refractivity contribution in [3.8, 4) is 0 Å². The van der Waals surface area contributed by atoms with Crippen molar-refractivity contribution in [2.24, 2.45) is 11.7 Å². The minimum absolute atomic E-state index is 0.0610. The number of amides is 3. The molecule has 9 heteroatoms. The molecule has 1 aliphatic heterocycles. The van der Waals surface area contributed by atoms with Crippen LogP contribution in [0.25, 0.3) is 0 Å². The molecular weight excluding hydrogens is 461 g/mol. The second-order valence-corrected chi connectivity index (χ2v) is 10.5. The van der Waals surface area contributed by atoms with E-state index in [1.807, 2.05) is 7.05 Å². The summed E-state index contributed by atoms with van der Waals surface area (Å²) in [4.78, 5) is 42.2. The van der Waals surface area contributed by atoms with Crippen molar-refractivity contribution in [2.75, 3.05) is 38.5 Å². The maximum atomic E-state index is 15.0. The van der Waals surface area contributed by atoms with Gasteiger partial charge in [-0.3, -0.25) is 14.4 Å². The van der Waals surface area contributed by atoms with E-state index >= 15 is 4.39 Å². The number of anilines is 1. The first-order chi connectivity index (χ1) is 17.1. The van der Waals surface area contributed by atoms with Crippen LogP contribution in [0.4, 0.5) is 10.1 Å². The lowest BCUT2D eigenvalue weighted by Crippen LogP contribution is -2.55. The molecule has 8 nitrogen and oxygen atoms in total. The van der Waals surface area contributed by atoms with Crippen LogP contribution in [-0.4, -0.2) is 72.3 Å². The van der Waals surface area contributed by atoms with Gasteiger partial charge < -0.3 is 26.2 Å². The second-order valence-electron chi connectivity index (χ2n) is 10.5. The van der Waals surface area contributed by atoms with Gasteiger partial charge in [-0.1, -0.05) is 38.7 Å². The molecule has 1 saturated carbocycles. The van der Waals surface area contributed by atoms with Crippen LogP contribution in [0, 0.1) is 11.7 Å². The summed E-state index contributed by atoms with van der Waals surface area (Å²) in [6.45, 7) is 6.17. The Bertz CT molecular complexity index is 922. The molecule has 2 fully saturated rings. The fraction of sp³-hybridized carbons (Fsp3) is 0.667. The number of halogens is 1. The van der Waals surface area contributed by atoms with E-state index in [2.05, 4.69) is 15.5 Å². The summed E-state index contributed by atoms with van der Waals surface area (Å²) in [5, 5.41) is 5.48. The largest absolute Gasteiger partial charge is 0.344 e. The zero-order valence-electron chi connectivity index (χ0n) is 21.9. The molecule has 200 valence electrons. The fourth-order valence-corrected chi connectivity index (χ4v) is 5.09. The quantitative estimate of drug-likeness (QED) is 0.473. The number of piperazine rings is 1. The van der Waals surface area contributed by atoms with Crippen LogP contribution in [-0.2, 0) is 20.8 Å². The molecule has 3 rings (SSSR count). The third kappa shape index (κ3) is 7.26. The van der Waals surface area contributed by atoms with Gasteiger partial charge in [0.2, 0.25) is 17.7 Å². The maximum Gasteiger partial charge on any atom is 0.245 e. The summed E-state index contributed by atoms with van der Waals surface area (Å²) in [5.74, 6) is -1.31. The Labute approximate surface area is 214 Å². The Balaban J connectivity index is 1.69. The highest BCUT2D eigenvalue weighted by Crippen LogP contribution is 2.31. The van der Waals surface area contributed by atoms with Crippen LogP contribution in [0.1, 0.15) is 64.4 Å². The van der Waals surface area contributed by atoms with Gasteiger partial charge in [0.05, 0.1) is 11.2 Å². The smallest absolute Gasteiger partial charge is 0.245 e. The zero-order chi connectivity index (χ0) is 26.3. The van der Waals surface area contributed by atoms with Crippen LogP contribution in [0.2, 0.25) is 0 Å². The van der Waals surface area contributed by atoms with Gasteiger partial charge in [0.25, 0.3) is 0 Å². The van der Waals surface area contributed by atoms with Crippen molar-refractivity contribution in [3.05, 3.63) is 29.6 Å². The predicted molar refractivity (Wildman–Crippen MR) is 139 cm³/mol. The third-order valence-corrected chi connectivity index (χ3v) is 7.68. The van der Waals surface area contributed by atoms with Gasteiger partial charge in [-0.2, -0.15) is 0 Å². The first kappa shape index (κ1) is 28.1. The molecular formula is C27H42FN5O3. The topological polar surface area (TPSA) is 108 Å². The molecule has 0 aromatic heterocycles. The molecule has 1 heterocycles. The summed E-state index contributed by atoms with van der Waals surface area (Å²) < 4.78 is 15.0. The Morgan fingerprint density at radius 3 is 2.33 bits per heavy atom. The Hall–Kier alpha value is -2.52. The second kappa shape index (κ2) is 12.6. The Morgan fingerprint density at radius 1 is 1.11 bits per heavy atom. The van der Waals surface area contributed by atoms with Crippen LogP contribution < -0.4 is 16.4 Å². The van der Waals surface area contributed by atoms with E-state index in [1.165, 1.54) is 12.1 Å². The number of carbonyl (C=O) groups excluding carboxylic acids is 3. The molecule has 2 aliphatic rings. The summed E-state index contributed by atoms with van der Waals surface area (Å²) >= 11 is 0. The molecule has 1 aromatic rings. The molecule has 4 N–H and O–H groups in total. The highest BCUT2D eigenvalue weighted by molar-refractivity contribution is 5.98. The van der Waals surface area contributed by atoms with Crippen LogP contribution >= 0.6 is 0 Å². The number of hydrogen-bond donors (Lipinski definition) is 3. The molecule has 1 saturated heterocycles. The molecule has 0 radical (unpaired) electrons. The summed E-state index contributed by atoms with van der Waals surface area (Å²) in [6, 6.07) is 3.73. The summed E-state index contributed by atoms with van der Waals surface area (Å²) in [5.41, 5.74) is 5.99. The fourth-order valence-electron chi connectivity index (χ4n) is 5.09. The predicted octanol–water partition coefficient (Wildman–Crippen LogP) is 2.66. The average molecular weight is 504 g/mol.